The molecule has 1 amide bonds. The zero-order valence-corrected chi connectivity index (χ0v) is 16.9. The van der Waals surface area contributed by atoms with Crippen LogP contribution >= 0.6 is 0 Å². The molecule has 7 heteroatoms. The van der Waals surface area contributed by atoms with Gasteiger partial charge in [0.15, 0.2) is 6.10 Å². The standard InChI is InChI=1S/C22H22N2O4S/c1-16-11-13-20(14-12-16)28-17(2)22(25)23-18-7-6-8-19(15-18)24-29(26,27)21-9-4-3-5-10-21/h3-15,17,24H,1-2H3,(H,23,25)/t17-/m0/s1. The molecule has 1 atom stereocenters. The van der Waals surface area contributed by atoms with Crippen LogP contribution in [0.4, 0.5) is 11.4 Å². The third-order valence-electron chi connectivity index (χ3n) is 4.14. The molecule has 0 spiro atoms. The molecule has 0 aliphatic heterocycles. The number of rotatable bonds is 7. The van der Waals surface area contributed by atoms with E-state index in [1.165, 1.54) is 12.1 Å². The first-order chi connectivity index (χ1) is 13.8. The lowest BCUT2D eigenvalue weighted by Gasteiger charge is -2.15. The fourth-order valence-electron chi connectivity index (χ4n) is 2.59. The van der Waals surface area contributed by atoms with Gasteiger partial charge < -0.3 is 10.1 Å². The Hall–Kier alpha value is -3.32. The Labute approximate surface area is 170 Å². The molecule has 0 saturated carbocycles. The van der Waals surface area contributed by atoms with Crippen LogP contribution in [0.15, 0.2) is 83.8 Å². The van der Waals surface area contributed by atoms with Crippen LogP contribution in [0.5, 0.6) is 5.75 Å². The van der Waals surface area contributed by atoms with Crippen LogP contribution in [0.1, 0.15) is 12.5 Å². The molecule has 6 nitrogen and oxygen atoms in total. The van der Waals surface area contributed by atoms with Crippen molar-refractivity contribution < 1.29 is 17.9 Å². The van der Waals surface area contributed by atoms with Gasteiger partial charge in [0.1, 0.15) is 5.75 Å². The van der Waals surface area contributed by atoms with Crippen LogP contribution in [0, 0.1) is 6.92 Å². The van der Waals surface area contributed by atoms with E-state index in [1.54, 1.807) is 61.5 Å². The molecule has 0 unspecified atom stereocenters. The molecule has 2 N–H and O–H groups in total. The maximum absolute atomic E-state index is 12.5. The summed E-state index contributed by atoms with van der Waals surface area (Å²) in [5.74, 6) is 0.260. The summed E-state index contributed by atoms with van der Waals surface area (Å²) < 4.78 is 33.1. The van der Waals surface area contributed by atoms with Gasteiger partial charge in [-0.3, -0.25) is 9.52 Å². The largest absolute Gasteiger partial charge is 0.481 e. The minimum absolute atomic E-state index is 0.162. The highest BCUT2D eigenvalue weighted by atomic mass is 32.2. The highest BCUT2D eigenvalue weighted by Gasteiger charge is 2.16. The van der Waals surface area contributed by atoms with E-state index < -0.39 is 16.1 Å². The molecule has 0 fully saturated rings. The molecule has 0 aliphatic rings. The number of sulfonamides is 1. The summed E-state index contributed by atoms with van der Waals surface area (Å²) in [5, 5.41) is 2.74. The molecule has 0 aliphatic carbocycles. The second kappa shape index (κ2) is 8.79. The Morgan fingerprint density at radius 3 is 2.24 bits per heavy atom. The summed E-state index contributed by atoms with van der Waals surface area (Å²) in [6, 6.07) is 22.0. The number of hydrogen-bond acceptors (Lipinski definition) is 4. The van der Waals surface area contributed by atoms with Crippen molar-refractivity contribution >= 4 is 27.3 Å². The fraction of sp³-hybridized carbons (Fsp3) is 0.136. The zero-order valence-electron chi connectivity index (χ0n) is 16.1. The van der Waals surface area contributed by atoms with Gasteiger partial charge in [-0.05, 0) is 56.3 Å². The summed E-state index contributed by atoms with van der Waals surface area (Å²) in [5.41, 5.74) is 1.91. The number of hydrogen-bond donors (Lipinski definition) is 2. The molecule has 0 saturated heterocycles. The summed E-state index contributed by atoms with van der Waals surface area (Å²) >= 11 is 0. The predicted octanol–water partition coefficient (Wildman–Crippen LogP) is 4.20. The molecule has 0 bridgehead atoms. The highest BCUT2D eigenvalue weighted by Crippen LogP contribution is 2.20. The Morgan fingerprint density at radius 1 is 0.897 bits per heavy atom. The molecule has 0 heterocycles. The van der Waals surface area contributed by atoms with E-state index in [2.05, 4.69) is 10.0 Å². The van der Waals surface area contributed by atoms with Crippen molar-refractivity contribution in [2.75, 3.05) is 10.0 Å². The Morgan fingerprint density at radius 2 is 1.55 bits per heavy atom. The van der Waals surface area contributed by atoms with Crippen LogP contribution in [-0.2, 0) is 14.8 Å². The average molecular weight is 410 g/mol. The fourth-order valence-corrected chi connectivity index (χ4v) is 3.66. The third kappa shape index (κ3) is 5.58. The first kappa shape index (κ1) is 20.4. The summed E-state index contributed by atoms with van der Waals surface area (Å²) in [6.07, 6.45) is -0.720. The van der Waals surface area contributed by atoms with Crippen LogP contribution in [0.25, 0.3) is 0 Å². The van der Waals surface area contributed by atoms with E-state index in [9.17, 15) is 13.2 Å². The molecule has 29 heavy (non-hydrogen) atoms. The first-order valence-electron chi connectivity index (χ1n) is 9.05. The Bertz CT molecular complexity index is 1080. The van der Waals surface area contributed by atoms with E-state index in [0.717, 1.165) is 5.56 Å². The summed E-state index contributed by atoms with van der Waals surface area (Å²) in [4.78, 5) is 12.6. The topological polar surface area (TPSA) is 84.5 Å². The number of aryl methyl sites for hydroxylation is 1. The molecule has 3 aromatic carbocycles. The lowest BCUT2D eigenvalue weighted by Crippen LogP contribution is -2.30. The van der Waals surface area contributed by atoms with Crippen LogP contribution in [0.3, 0.4) is 0 Å². The Balaban J connectivity index is 1.66. The average Bonchev–Trinajstić information content (AvgIpc) is 2.70. The molecular weight excluding hydrogens is 388 g/mol. The van der Waals surface area contributed by atoms with Gasteiger partial charge in [0.2, 0.25) is 0 Å². The van der Waals surface area contributed by atoms with Crippen molar-refractivity contribution in [1.82, 2.24) is 0 Å². The van der Waals surface area contributed by atoms with Crippen LogP contribution in [0.2, 0.25) is 0 Å². The summed E-state index contributed by atoms with van der Waals surface area (Å²) in [7, 11) is -3.71. The van der Waals surface area contributed by atoms with Crippen LogP contribution < -0.4 is 14.8 Å². The zero-order chi connectivity index (χ0) is 20.9. The third-order valence-corrected chi connectivity index (χ3v) is 5.54. The van der Waals surface area contributed by atoms with Crippen molar-refractivity contribution in [2.24, 2.45) is 0 Å². The van der Waals surface area contributed by atoms with Gasteiger partial charge in [0.05, 0.1) is 10.6 Å². The maximum atomic E-state index is 12.5. The molecule has 150 valence electrons. The second-order valence-electron chi connectivity index (χ2n) is 6.56. The SMILES string of the molecule is Cc1ccc(O[C@@H](C)C(=O)Nc2cccc(NS(=O)(=O)c3ccccc3)c2)cc1. The van der Waals surface area contributed by atoms with Crippen molar-refractivity contribution in [2.45, 2.75) is 24.8 Å². The number of benzene rings is 3. The monoisotopic (exact) mass is 410 g/mol. The van der Waals surface area contributed by atoms with Gasteiger partial charge in [-0.15, -0.1) is 0 Å². The van der Waals surface area contributed by atoms with Gasteiger partial charge in [-0.1, -0.05) is 42.0 Å². The molecule has 3 rings (SSSR count). The lowest BCUT2D eigenvalue weighted by molar-refractivity contribution is -0.122. The second-order valence-corrected chi connectivity index (χ2v) is 8.24. The van der Waals surface area contributed by atoms with E-state index >= 15 is 0 Å². The van der Waals surface area contributed by atoms with Crippen molar-refractivity contribution in [3.63, 3.8) is 0 Å². The van der Waals surface area contributed by atoms with Crippen molar-refractivity contribution in [1.29, 1.82) is 0 Å². The Kier molecular flexibility index (Phi) is 6.19. The van der Waals surface area contributed by atoms with E-state index in [0.29, 0.717) is 17.1 Å². The van der Waals surface area contributed by atoms with Crippen LogP contribution in [-0.4, -0.2) is 20.4 Å². The minimum atomic E-state index is -3.71. The van der Waals surface area contributed by atoms with Gasteiger partial charge >= 0.3 is 0 Å². The quantitative estimate of drug-likeness (QED) is 0.611. The predicted molar refractivity (Wildman–Crippen MR) is 114 cm³/mol. The van der Waals surface area contributed by atoms with E-state index in [4.69, 9.17) is 4.74 Å². The van der Waals surface area contributed by atoms with E-state index in [-0.39, 0.29) is 10.8 Å². The maximum Gasteiger partial charge on any atom is 0.265 e. The number of carbonyl (C=O) groups is 1. The van der Waals surface area contributed by atoms with E-state index in [1.807, 2.05) is 19.1 Å². The molecule has 0 radical (unpaired) electrons. The lowest BCUT2D eigenvalue weighted by atomic mass is 10.2. The number of amides is 1. The number of ether oxygens (including phenoxy) is 1. The normalized spacial score (nSPS) is 12.1. The molecular formula is C22H22N2O4S. The molecule has 0 aromatic heterocycles. The number of carbonyl (C=O) groups excluding carboxylic acids is 1. The molecule has 3 aromatic rings. The van der Waals surface area contributed by atoms with Gasteiger partial charge in [0, 0.05) is 5.69 Å². The van der Waals surface area contributed by atoms with Crippen molar-refractivity contribution in [3.8, 4) is 5.75 Å². The van der Waals surface area contributed by atoms with Gasteiger partial charge in [-0.2, -0.15) is 0 Å². The van der Waals surface area contributed by atoms with Gasteiger partial charge in [0.25, 0.3) is 15.9 Å². The van der Waals surface area contributed by atoms with Crippen molar-refractivity contribution in [3.05, 3.63) is 84.4 Å². The highest BCUT2D eigenvalue weighted by molar-refractivity contribution is 7.92. The van der Waals surface area contributed by atoms with Gasteiger partial charge in [-0.25, -0.2) is 8.42 Å². The smallest absolute Gasteiger partial charge is 0.265 e. The summed E-state index contributed by atoms with van der Waals surface area (Å²) in [6.45, 7) is 3.62. The number of nitrogens with one attached hydrogen (secondary N) is 2. The minimum Gasteiger partial charge on any atom is -0.481 e. The number of anilines is 2. The first-order valence-corrected chi connectivity index (χ1v) is 10.5.